The molecule has 0 bridgehead atoms. The van der Waals surface area contributed by atoms with E-state index in [4.69, 9.17) is 4.74 Å². The number of fused-ring (bicyclic) bond motifs is 1. The molecule has 0 saturated carbocycles. The summed E-state index contributed by atoms with van der Waals surface area (Å²) in [5.41, 5.74) is 3.49. The van der Waals surface area contributed by atoms with Gasteiger partial charge in [-0.05, 0) is 6.92 Å². The summed E-state index contributed by atoms with van der Waals surface area (Å²) in [5.74, 6) is 0.118. The molecule has 0 aromatic heterocycles. The molecular formula is C11H17N3O3. The van der Waals surface area contributed by atoms with E-state index in [1.165, 1.54) is 0 Å². The van der Waals surface area contributed by atoms with Crippen LogP contribution in [0.15, 0.2) is 5.10 Å². The first-order valence-electron chi connectivity index (χ1n) is 5.89. The summed E-state index contributed by atoms with van der Waals surface area (Å²) in [6.45, 7) is 5.29. The topological polar surface area (TPSA) is 71.0 Å². The summed E-state index contributed by atoms with van der Waals surface area (Å²) >= 11 is 0. The van der Waals surface area contributed by atoms with Crippen LogP contribution < -0.4 is 5.43 Å². The molecule has 0 aromatic carbocycles. The van der Waals surface area contributed by atoms with Crippen molar-refractivity contribution in [1.82, 2.24) is 10.3 Å². The molecule has 0 aromatic rings. The third kappa shape index (κ3) is 2.40. The number of nitrogens with one attached hydrogen (secondary N) is 1. The van der Waals surface area contributed by atoms with Crippen LogP contribution in [0.5, 0.6) is 0 Å². The minimum absolute atomic E-state index is 0.0388. The molecule has 2 rings (SSSR count). The number of nitrogens with zero attached hydrogens (tertiary/aromatic N) is 2. The fourth-order valence-electron chi connectivity index (χ4n) is 2.39. The number of carbonyl (C=O) groups is 2. The Hall–Kier alpha value is -1.59. The SMILES string of the molecule is CCOC(=O)N1CC(C)C2=NNC(=O)CC2C1. The van der Waals surface area contributed by atoms with E-state index in [9.17, 15) is 9.59 Å². The molecule has 2 atom stereocenters. The zero-order valence-electron chi connectivity index (χ0n) is 10.1. The molecule has 1 saturated heterocycles. The second-order valence-corrected chi connectivity index (χ2v) is 4.48. The lowest BCUT2D eigenvalue weighted by Crippen LogP contribution is -2.52. The van der Waals surface area contributed by atoms with E-state index in [1.54, 1.807) is 11.8 Å². The first-order valence-corrected chi connectivity index (χ1v) is 5.89. The lowest BCUT2D eigenvalue weighted by Gasteiger charge is -2.38. The summed E-state index contributed by atoms with van der Waals surface area (Å²) in [6, 6.07) is 0. The smallest absolute Gasteiger partial charge is 0.409 e. The van der Waals surface area contributed by atoms with Gasteiger partial charge in [0.2, 0.25) is 5.91 Å². The van der Waals surface area contributed by atoms with E-state index in [0.29, 0.717) is 26.1 Å². The molecule has 6 nitrogen and oxygen atoms in total. The van der Waals surface area contributed by atoms with Gasteiger partial charge in [-0.1, -0.05) is 6.92 Å². The van der Waals surface area contributed by atoms with Gasteiger partial charge in [-0.3, -0.25) is 4.79 Å². The third-order valence-electron chi connectivity index (χ3n) is 3.13. The highest BCUT2D eigenvalue weighted by Gasteiger charge is 2.36. The van der Waals surface area contributed by atoms with Crippen LogP contribution in [-0.2, 0) is 9.53 Å². The van der Waals surface area contributed by atoms with Crippen LogP contribution >= 0.6 is 0 Å². The number of likely N-dealkylation sites (tertiary alicyclic amines) is 1. The second-order valence-electron chi connectivity index (χ2n) is 4.48. The maximum absolute atomic E-state index is 11.7. The van der Waals surface area contributed by atoms with Crippen molar-refractivity contribution >= 4 is 17.7 Å². The summed E-state index contributed by atoms with van der Waals surface area (Å²) in [4.78, 5) is 24.6. The fourth-order valence-corrected chi connectivity index (χ4v) is 2.39. The average Bonchev–Trinajstić information content (AvgIpc) is 2.28. The Morgan fingerprint density at radius 2 is 2.35 bits per heavy atom. The van der Waals surface area contributed by atoms with Gasteiger partial charge >= 0.3 is 6.09 Å². The minimum Gasteiger partial charge on any atom is -0.450 e. The quantitative estimate of drug-likeness (QED) is 0.727. The van der Waals surface area contributed by atoms with Gasteiger partial charge in [0.25, 0.3) is 0 Å². The fraction of sp³-hybridized carbons (Fsp3) is 0.727. The van der Waals surface area contributed by atoms with Crippen molar-refractivity contribution in [3.05, 3.63) is 0 Å². The van der Waals surface area contributed by atoms with Crippen LogP contribution in [0.3, 0.4) is 0 Å². The summed E-state index contributed by atoms with van der Waals surface area (Å²) < 4.78 is 4.98. The van der Waals surface area contributed by atoms with Crippen LogP contribution in [0.25, 0.3) is 0 Å². The lowest BCUT2D eigenvalue weighted by atomic mass is 9.85. The Kier molecular flexibility index (Phi) is 3.31. The van der Waals surface area contributed by atoms with Crippen molar-refractivity contribution in [2.24, 2.45) is 16.9 Å². The Bertz CT molecular complexity index is 367. The molecule has 2 aliphatic heterocycles. The highest BCUT2D eigenvalue weighted by atomic mass is 16.6. The van der Waals surface area contributed by atoms with E-state index in [0.717, 1.165) is 5.71 Å². The summed E-state index contributed by atoms with van der Waals surface area (Å²) in [6.07, 6.45) is 0.100. The van der Waals surface area contributed by atoms with Crippen LogP contribution in [0.4, 0.5) is 4.79 Å². The molecule has 0 aliphatic carbocycles. The van der Waals surface area contributed by atoms with Crippen molar-refractivity contribution < 1.29 is 14.3 Å². The first kappa shape index (κ1) is 11.9. The second kappa shape index (κ2) is 4.73. The molecule has 0 spiro atoms. The molecular weight excluding hydrogens is 222 g/mol. The minimum atomic E-state index is -0.301. The van der Waals surface area contributed by atoms with Crippen LogP contribution in [0.1, 0.15) is 20.3 Å². The Morgan fingerprint density at radius 1 is 1.59 bits per heavy atom. The van der Waals surface area contributed by atoms with Crippen LogP contribution in [-0.4, -0.2) is 42.3 Å². The first-order chi connectivity index (χ1) is 8.11. The van der Waals surface area contributed by atoms with E-state index >= 15 is 0 Å². The van der Waals surface area contributed by atoms with Crippen molar-refractivity contribution in [2.45, 2.75) is 20.3 Å². The number of carbonyl (C=O) groups excluding carboxylic acids is 2. The van der Waals surface area contributed by atoms with Crippen molar-refractivity contribution in [3.63, 3.8) is 0 Å². The molecule has 6 heteroatoms. The van der Waals surface area contributed by atoms with Gasteiger partial charge in [-0.2, -0.15) is 5.10 Å². The molecule has 0 radical (unpaired) electrons. The van der Waals surface area contributed by atoms with E-state index in [-0.39, 0.29) is 23.8 Å². The number of amides is 2. The third-order valence-corrected chi connectivity index (χ3v) is 3.13. The molecule has 2 unspecified atom stereocenters. The van der Waals surface area contributed by atoms with Crippen molar-refractivity contribution in [2.75, 3.05) is 19.7 Å². The summed E-state index contributed by atoms with van der Waals surface area (Å²) in [7, 11) is 0. The van der Waals surface area contributed by atoms with Gasteiger partial charge < -0.3 is 9.64 Å². The maximum atomic E-state index is 11.7. The molecule has 1 N–H and O–H groups in total. The molecule has 1 fully saturated rings. The highest BCUT2D eigenvalue weighted by Crippen LogP contribution is 2.24. The number of rotatable bonds is 1. The Balaban J connectivity index is 2.08. The van der Waals surface area contributed by atoms with Crippen LogP contribution in [0.2, 0.25) is 0 Å². The van der Waals surface area contributed by atoms with Gasteiger partial charge in [-0.25, -0.2) is 10.2 Å². The van der Waals surface area contributed by atoms with Gasteiger partial charge in [0.1, 0.15) is 0 Å². The molecule has 94 valence electrons. The predicted molar refractivity (Wildman–Crippen MR) is 61.4 cm³/mol. The lowest BCUT2D eigenvalue weighted by molar-refractivity contribution is -0.122. The molecule has 17 heavy (non-hydrogen) atoms. The summed E-state index contributed by atoms with van der Waals surface area (Å²) in [5, 5.41) is 4.09. The Labute approximate surface area is 100.0 Å². The molecule has 2 heterocycles. The van der Waals surface area contributed by atoms with Gasteiger partial charge in [0.05, 0.1) is 6.61 Å². The molecule has 2 aliphatic rings. The zero-order valence-corrected chi connectivity index (χ0v) is 10.1. The van der Waals surface area contributed by atoms with Crippen molar-refractivity contribution in [3.8, 4) is 0 Å². The number of ether oxygens (including phenoxy) is 1. The number of hydrogen-bond acceptors (Lipinski definition) is 4. The number of piperidine rings is 1. The highest BCUT2D eigenvalue weighted by molar-refractivity contribution is 5.97. The van der Waals surface area contributed by atoms with Gasteiger partial charge in [0.15, 0.2) is 0 Å². The molecule has 2 amide bonds. The predicted octanol–water partition coefficient (Wildman–Crippen LogP) is 0.587. The van der Waals surface area contributed by atoms with Gasteiger partial charge in [-0.15, -0.1) is 0 Å². The number of hydrazone groups is 1. The monoisotopic (exact) mass is 239 g/mol. The maximum Gasteiger partial charge on any atom is 0.409 e. The van der Waals surface area contributed by atoms with Crippen molar-refractivity contribution in [1.29, 1.82) is 0 Å². The Morgan fingerprint density at radius 3 is 3.06 bits per heavy atom. The van der Waals surface area contributed by atoms with Crippen LogP contribution in [0, 0.1) is 11.8 Å². The largest absolute Gasteiger partial charge is 0.450 e. The standard InChI is InChI=1S/C11H17N3O3/c1-3-17-11(16)14-5-7(2)10-8(6-14)4-9(15)12-13-10/h7-8H,3-6H2,1-2H3,(H,12,15). The van der Waals surface area contributed by atoms with E-state index < -0.39 is 0 Å². The van der Waals surface area contributed by atoms with Gasteiger partial charge in [0, 0.05) is 37.1 Å². The van der Waals surface area contributed by atoms with E-state index in [2.05, 4.69) is 10.5 Å². The zero-order chi connectivity index (χ0) is 12.4. The average molecular weight is 239 g/mol. The number of hydrogen-bond donors (Lipinski definition) is 1. The van der Waals surface area contributed by atoms with E-state index in [1.807, 2.05) is 6.92 Å². The normalized spacial score (nSPS) is 28.0.